The molecule has 0 saturated heterocycles. The van der Waals surface area contributed by atoms with Crippen LogP contribution >= 0.6 is 0 Å². The quantitative estimate of drug-likeness (QED) is 0.738. The third-order valence-corrected chi connectivity index (χ3v) is 1.73. The van der Waals surface area contributed by atoms with Gasteiger partial charge in [-0.25, -0.2) is 0 Å². The first-order chi connectivity index (χ1) is 6.27. The summed E-state index contributed by atoms with van der Waals surface area (Å²) in [4.78, 5) is 0. The molecule has 72 valence electrons. The molecular weight excluding hydrogens is 168 g/mol. The second-order valence-corrected chi connectivity index (χ2v) is 2.70. The van der Waals surface area contributed by atoms with Crippen molar-refractivity contribution in [3.8, 4) is 11.5 Å². The van der Waals surface area contributed by atoms with Gasteiger partial charge in [0.15, 0.2) is 0 Å². The van der Waals surface area contributed by atoms with Gasteiger partial charge in [0.2, 0.25) is 0 Å². The van der Waals surface area contributed by atoms with E-state index in [2.05, 4.69) is 0 Å². The maximum atomic E-state index is 9.19. The molecule has 0 aromatic heterocycles. The SMILES string of the molecule is CCOc1cc(O)ccc1CCO. The van der Waals surface area contributed by atoms with Crippen LogP contribution < -0.4 is 4.74 Å². The first-order valence-electron chi connectivity index (χ1n) is 4.33. The maximum Gasteiger partial charge on any atom is 0.126 e. The molecule has 0 heterocycles. The molecule has 0 aliphatic carbocycles. The predicted molar refractivity (Wildman–Crippen MR) is 50.1 cm³/mol. The molecule has 0 saturated carbocycles. The Kier molecular flexibility index (Phi) is 3.58. The van der Waals surface area contributed by atoms with Crippen molar-refractivity contribution in [3.63, 3.8) is 0 Å². The number of ether oxygens (including phenoxy) is 1. The molecule has 0 unspecified atom stereocenters. The molecule has 0 atom stereocenters. The second kappa shape index (κ2) is 4.72. The number of hydrogen-bond donors (Lipinski definition) is 2. The molecule has 0 amide bonds. The average molecular weight is 182 g/mol. The molecule has 0 bridgehead atoms. The van der Waals surface area contributed by atoms with Crippen LogP contribution in [0.15, 0.2) is 18.2 Å². The topological polar surface area (TPSA) is 49.7 Å². The Hall–Kier alpha value is -1.22. The van der Waals surface area contributed by atoms with Gasteiger partial charge in [-0.1, -0.05) is 6.07 Å². The summed E-state index contributed by atoms with van der Waals surface area (Å²) in [6, 6.07) is 4.92. The minimum absolute atomic E-state index is 0.0881. The molecule has 0 radical (unpaired) electrons. The lowest BCUT2D eigenvalue weighted by Crippen LogP contribution is -1.98. The van der Waals surface area contributed by atoms with E-state index in [9.17, 15) is 5.11 Å². The van der Waals surface area contributed by atoms with Crippen LogP contribution in [0.5, 0.6) is 11.5 Å². The van der Waals surface area contributed by atoms with Crippen LogP contribution in [0.1, 0.15) is 12.5 Å². The minimum atomic E-state index is 0.0881. The van der Waals surface area contributed by atoms with E-state index in [-0.39, 0.29) is 12.4 Å². The number of hydrogen-bond acceptors (Lipinski definition) is 3. The molecule has 3 heteroatoms. The van der Waals surface area contributed by atoms with Gasteiger partial charge >= 0.3 is 0 Å². The summed E-state index contributed by atoms with van der Waals surface area (Å²) < 4.78 is 5.30. The fraction of sp³-hybridized carbons (Fsp3) is 0.400. The van der Waals surface area contributed by atoms with E-state index in [1.165, 1.54) is 0 Å². The van der Waals surface area contributed by atoms with Crippen molar-refractivity contribution in [2.24, 2.45) is 0 Å². The summed E-state index contributed by atoms with van der Waals surface area (Å²) in [7, 11) is 0. The predicted octanol–water partition coefficient (Wildman–Crippen LogP) is 1.33. The molecule has 1 aromatic carbocycles. The van der Waals surface area contributed by atoms with E-state index in [1.54, 1.807) is 18.2 Å². The highest BCUT2D eigenvalue weighted by atomic mass is 16.5. The molecule has 13 heavy (non-hydrogen) atoms. The number of aliphatic hydroxyl groups is 1. The van der Waals surface area contributed by atoms with Gasteiger partial charge in [-0.3, -0.25) is 0 Å². The van der Waals surface area contributed by atoms with Crippen molar-refractivity contribution in [2.75, 3.05) is 13.2 Å². The van der Waals surface area contributed by atoms with Crippen LogP contribution in [0.3, 0.4) is 0 Å². The van der Waals surface area contributed by atoms with Gasteiger partial charge in [0, 0.05) is 12.7 Å². The van der Waals surface area contributed by atoms with Gasteiger partial charge in [-0.2, -0.15) is 0 Å². The molecule has 0 spiro atoms. The van der Waals surface area contributed by atoms with E-state index in [0.29, 0.717) is 18.8 Å². The standard InChI is InChI=1S/C10H14O3/c1-2-13-10-7-9(12)4-3-8(10)5-6-11/h3-4,7,11-12H,2,5-6H2,1H3. The van der Waals surface area contributed by atoms with E-state index >= 15 is 0 Å². The molecule has 2 N–H and O–H groups in total. The van der Waals surface area contributed by atoms with Crippen LogP contribution in [0.4, 0.5) is 0 Å². The van der Waals surface area contributed by atoms with Gasteiger partial charge in [0.1, 0.15) is 11.5 Å². The average Bonchev–Trinajstić information content (AvgIpc) is 2.10. The molecule has 1 rings (SSSR count). The van der Waals surface area contributed by atoms with E-state index in [0.717, 1.165) is 5.56 Å². The van der Waals surface area contributed by atoms with Crippen molar-refractivity contribution < 1.29 is 14.9 Å². The second-order valence-electron chi connectivity index (χ2n) is 2.70. The minimum Gasteiger partial charge on any atom is -0.508 e. The number of aliphatic hydroxyl groups excluding tert-OH is 1. The molecule has 0 fully saturated rings. The Morgan fingerprint density at radius 2 is 2.15 bits per heavy atom. The first kappa shape index (κ1) is 9.86. The normalized spacial score (nSPS) is 10.0. The Labute approximate surface area is 77.6 Å². The largest absolute Gasteiger partial charge is 0.508 e. The monoisotopic (exact) mass is 182 g/mol. The third-order valence-electron chi connectivity index (χ3n) is 1.73. The van der Waals surface area contributed by atoms with Crippen LogP contribution in [0.25, 0.3) is 0 Å². The Morgan fingerprint density at radius 1 is 1.38 bits per heavy atom. The molecule has 0 aliphatic rings. The Bertz CT molecular complexity index is 271. The highest BCUT2D eigenvalue weighted by Crippen LogP contribution is 2.24. The highest BCUT2D eigenvalue weighted by molar-refractivity contribution is 5.40. The van der Waals surface area contributed by atoms with Crippen LogP contribution in [0, 0.1) is 0 Å². The Morgan fingerprint density at radius 3 is 2.77 bits per heavy atom. The zero-order chi connectivity index (χ0) is 9.68. The van der Waals surface area contributed by atoms with Gasteiger partial charge in [-0.05, 0) is 25.0 Å². The van der Waals surface area contributed by atoms with Gasteiger partial charge in [0.05, 0.1) is 6.61 Å². The lowest BCUT2D eigenvalue weighted by atomic mass is 10.1. The van der Waals surface area contributed by atoms with Gasteiger partial charge in [-0.15, -0.1) is 0 Å². The third kappa shape index (κ3) is 2.63. The van der Waals surface area contributed by atoms with Crippen molar-refractivity contribution >= 4 is 0 Å². The summed E-state index contributed by atoms with van der Waals surface area (Å²) in [5.74, 6) is 0.835. The summed E-state index contributed by atoms with van der Waals surface area (Å²) in [6.07, 6.45) is 0.551. The van der Waals surface area contributed by atoms with Gasteiger partial charge < -0.3 is 14.9 Å². The van der Waals surface area contributed by atoms with Crippen LogP contribution in [0.2, 0.25) is 0 Å². The molecule has 3 nitrogen and oxygen atoms in total. The van der Waals surface area contributed by atoms with Crippen LogP contribution in [-0.2, 0) is 6.42 Å². The van der Waals surface area contributed by atoms with Crippen molar-refractivity contribution in [2.45, 2.75) is 13.3 Å². The van der Waals surface area contributed by atoms with E-state index < -0.39 is 0 Å². The summed E-state index contributed by atoms with van der Waals surface area (Å²) >= 11 is 0. The zero-order valence-corrected chi connectivity index (χ0v) is 7.66. The Balaban J connectivity index is 2.89. The molecule has 0 aliphatic heterocycles. The van der Waals surface area contributed by atoms with Crippen molar-refractivity contribution in [3.05, 3.63) is 23.8 Å². The van der Waals surface area contributed by atoms with Crippen molar-refractivity contribution in [1.82, 2.24) is 0 Å². The van der Waals surface area contributed by atoms with E-state index in [4.69, 9.17) is 9.84 Å². The lowest BCUT2D eigenvalue weighted by molar-refractivity contribution is 0.292. The number of rotatable bonds is 4. The summed E-state index contributed by atoms with van der Waals surface area (Å²) in [5, 5.41) is 18.0. The molecular formula is C10H14O3. The fourth-order valence-corrected chi connectivity index (χ4v) is 1.16. The number of phenolic OH excluding ortho intramolecular Hbond substituents is 1. The number of aromatic hydroxyl groups is 1. The number of benzene rings is 1. The smallest absolute Gasteiger partial charge is 0.126 e. The summed E-state index contributed by atoms with van der Waals surface area (Å²) in [6.45, 7) is 2.53. The highest BCUT2D eigenvalue weighted by Gasteiger charge is 2.03. The zero-order valence-electron chi connectivity index (χ0n) is 7.66. The molecule has 1 aromatic rings. The summed E-state index contributed by atoms with van der Waals surface area (Å²) in [5.41, 5.74) is 0.919. The number of phenols is 1. The van der Waals surface area contributed by atoms with Crippen molar-refractivity contribution in [1.29, 1.82) is 0 Å². The van der Waals surface area contributed by atoms with E-state index in [1.807, 2.05) is 6.92 Å². The van der Waals surface area contributed by atoms with Crippen LogP contribution in [-0.4, -0.2) is 23.4 Å². The first-order valence-corrected chi connectivity index (χ1v) is 4.33. The maximum absolute atomic E-state index is 9.19. The van der Waals surface area contributed by atoms with Gasteiger partial charge in [0.25, 0.3) is 0 Å². The fourth-order valence-electron chi connectivity index (χ4n) is 1.16. The lowest BCUT2D eigenvalue weighted by Gasteiger charge is -2.09.